The maximum atomic E-state index is 12.9. The highest BCUT2D eigenvalue weighted by molar-refractivity contribution is 5.92. The number of rotatable bonds is 5. The molecule has 1 fully saturated rings. The average molecular weight is 352 g/mol. The van der Waals surface area contributed by atoms with Gasteiger partial charge in [0.2, 0.25) is 11.8 Å². The van der Waals surface area contributed by atoms with Crippen molar-refractivity contribution in [1.82, 2.24) is 10.2 Å². The summed E-state index contributed by atoms with van der Waals surface area (Å²) in [7, 11) is 0. The molecule has 0 radical (unpaired) electrons. The Morgan fingerprint density at radius 3 is 2.42 bits per heavy atom. The Hall–Kier alpha value is -2.36. The highest BCUT2D eigenvalue weighted by atomic mass is 16.2. The Kier molecular flexibility index (Phi) is 5.92. The Morgan fingerprint density at radius 2 is 1.69 bits per heavy atom. The van der Waals surface area contributed by atoms with Gasteiger partial charge in [0, 0.05) is 13.1 Å². The van der Waals surface area contributed by atoms with Gasteiger partial charge in [0.15, 0.2) is 0 Å². The lowest BCUT2D eigenvalue weighted by molar-refractivity contribution is -0.138. The van der Waals surface area contributed by atoms with E-state index < -0.39 is 6.04 Å². The van der Waals surface area contributed by atoms with Crippen LogP contribution in [0.3, 0.4) is 0 Å². The molecule has 0 aromatic heterocycles. The van der Waals surface area contributed by atoms with Crippen LogP contribution in [0, 0.1) is 5.92 Å². The van der Waals surface area contributed by atoms with E-state index in [2.05, 4.69) is 5.32 Å². The van der Waals surface area contributed by atoms with E-state index in [0.29, 0.717) is 0 Å². The van der Waals surface area contributed by atoms with Gasteiger partial charge in [-0.2, -0.15) is 0 Å². The number of fused-ring (bicyclic) bond motifs is 1. The number of likely N-dealkylation sites (tertiary alicyclic amines) is 1. The van der Waals surface area contributed by atoms with E-state index in [1.54, 1.807) is 0 Å². The lowest BCUT2D eigenvalue weighted by Crippen LogP contribution is -2.52. The van der Waals surface area contributed by atoms with Gasteiger partial charge in [-0.1, -0.05) is 56.3 Å². The van der Waals surface area contributed by atoms with Gasteiger partial charge in [0.1, 0.15) is 6.04 Å². The van der Waals surface area contributed by atoms with Crippen molar-refractivity contribution in [3.63, 3.8) is 0 Å². The number of carbonyl (C=O) groups is 2. The molecule has 1 heterocycles. The maximum absolute atomic E-state index is 12.9. The molecule has 2 aromatic carbocycles. The molecule has 1 atom stereocenters. The molecule has 1 aliphatic rings. The van der Waals surface area contributed by atoms with E-state index in [0.717, 1.165) is 42.3 Å². The molecular formula is C22H28N2O2. The molecule has 1 saturated heterocycles. The molecule has 3 rings (SSSR count). The van der Waals surface area contributed by atoms with Crippen LogP contribution < -0.4 is 5.32 Å². The molecule has 0 saturated carbocycles. The zero-order valence-electron chi connectivity index (χ0n) is 15.7. The van der Waals surface area contributed by atoms with Crippen LogP contribution in [0.15, 0.2) is 42.5 Å². The van der Waals surface area contributed by atoms with Gasteiger partial charge in [-0.3, -0.25) is 9.59 Å². The first-order chi connectivity index (χ1) is 12.6. The van der Waals surface area contributed by atoms with Crippen LogP contribution in [0.1, 0.15) is 38.7 Å². The molecule has 0 aliphatic carbocycles. The van der Waals surface area contributed by atoms with E-state index in [1.807, 2.05) is 61.2 Å². The predicted octanol–water partition coefficient (Wildman–Crippen LogP) is 3.54. The molecule has 138 valence electrons. The van der Waals surface area contributed by atoms with Crippen LogP contribution in [0.4, 0.5) is 0 Å². The minimum atomic E-state index is -0.449. The Morgan fingerprint density at radius 1 is 1.00 bits per heavy atom. The summed E-state index contributed by atoms with van der Waals surface area (Å²) in [5.74, 6) is 0.0391. The van der Waals surface area contributed by atoms with Crippen LogP contribution in [0.5, 0.6) is 0 Å². The van der Waals surface area contributed by atoms with Crippen molar-refractivity contribution >= 4 is 22.6 Å². The number of benzene rings is 2. The summed E-state index contributed by atoms with van der Waals surface area (Å²) in [6.45, 7) is 5.60. The summed E-state index contributed by atoms with van der Waals surface area (Å²) in [5.41, 5.74) is 0.994. The van der Waals surface area contributed by atoms with Crippen molar-refractivity contribution in [2.24, 2.45) is 5.92 Å². The van der Waals surface area contributed by atoms with Crippen molar-refractivity contribution in [2.45, 2.75) is 45.6 Å². The number of nitrogens with one attached hydrogen (secondary N) is 1. The first-order valence-electron chi connectivity index (χ1n) is 9.61. The molecule has 2 amide bonds. The fourth-order valence-corrected chi connectivity index (χ4v) is 3.67. The van der Waals surface area contributed by atoms with Crippen molar-refractivity contribution < 1.29 is 9.59 Å². The van der Waals surface area contributed by atoms with E-state index >= 15 is 0 Å². The van der Waals surface area contributed by atoms with Gasteiger partial charge in [0.25, 0.3) is 0 Å². The summed E-state index contributed by atoms with van der Waals surface area (Å²) in [5, 5.41) is 5.22. The molecule has 2 aromatic rings. The van der Waals surface area contributed by atoms with Crippen LogP contribution in [-0.2, 0) is 16.0 Å². The quantitative estimate of drug-likeness (QED) is 0.895. The van der Waals surface area contributed by atoms with Crippen LogP contribution in [0.2, 0.25) is 0 Å². The molecule has 4 heteroatoms. The van der Waals surface area contributed by atoms with Gasteiger partial charge in [0.05, 0.1) is 6.42 Å². The number of hydrogen-bond acceptors (Lipinski definition) is 2. The maximum Gasteiger partial charge on any atom is 0.245 e. The highest BCUT2D eigenvalue weighted by Gasteiger charge is 2.29. The minimum Gasteiger partial charge on any atom is -0.344 e. The van der Waals surface area contributed by atoms with Crippen molar-refractivity contribution in [3.8, 4) is 0 Å². The number of hydrogen-bond donors (Lipinski definition) is 1. The van der Waals surface area contributed by atoms with E-state index in [1.165, 1.54) is 6.42 Å². The van der Waals surface area contributed by atoms with E-state index in [-0.39, 0.29) is 24.2 Å². The second kappa shape index (κ2) is 8.35. The molecule has 1 N–H and O–H groups in total. The van der Waals surface area contributed by atoms with Crippen molar-refractivity contribution in [3.05, 3.63) is 48.0 Å². The molecule has 0 spiro atoms. The van der Waals surface area contributed by atoms with Crippen molar-refractivity contribution in [2.75, 3.05) is 13.1 Å². The smallest absolute Gasteiger partial charge is 0.245 e. The standard InChI is InChI=1S/C22H28N2O2/c1-16(2)21(22(26)24-13-6-3-7-14-24)23-20(25)15-18-11-8-10-17-9-4-5-12-19(17)18/h4-5,8-12,16,21H,3,6-7,13-15H2,1-2H3,(H,23,25)/t21-/m0/s1. The SMILES string of the molecule is CC(C)[C@H](NC(=O)Cc1cccc2ccccc12)C(=O)N1CCCCC1. The van der Waals surface area contributed by atoms with Crippen LogP contribution >= 0.6 is 0 Å². The summed E-state index contributed by atoms with van der Waals surface area (Å²) >= 11 is 0. The Balaban J connectivity index is 1.70. The van der Waals surface area contributed by atoms with Crippen LogP contribution in [0.25, 0.3) is 10.8 Å². The number of piperidine rings is 1. The second-order valence-electron chi connectivity index (χ2n) is 7.49. The topological polar surface area (TPSA) is 49.4 Å². The third-order valence-electron chi connectivity index (χ3n) is 5.15. The molecule has 0 unspecified atom stereocenters. The van der Waals surface area contributed by atoms with Gasteiger partial charge in [-0.25, -0.2) is 0 Å². The monoisotopic (exact) mass is 352 g/mol. The summed E-state index contributed by atoms with van der Waals surface area (Å²) in [4.78, 5) is 27.4. The van der Waals surface area contributed by atoms with E-state index in [4.69, 9.17) is 0 Å². The number of amides is 2. The third kappa shape index (κ3) is 4.24. The van der Waals surface area contributed by atoms with Crippen molar-refractivity contribution in [1.29, 1.82) is 0 Å². The van der Waals surface area contributed by atoms with Gasteiger partial charge >= 0.3 is 0 Å². The van der Waals surface area contributed by atoms with E-state index in [9.17, 15) is 9.59 Å². The fourth-order valence-electron chi connectivity index (χ4n) is 3.67. The normalized spacial score (nSPS) is 15.9. The largest absolute Gasteiger partial charge is 0.344 e. The van der Waals surface area contributed by atoms with Gasteiger partial charge in [-0.05, 0) is 41.5 Å². The second-order valence-corrected chi connectivity index (χ2v) is 7.49. The first-order valence-corrected chi connectivity index (χ1v) is 9.61. The Labute approximate surface area is 155 Å². The minimum absolute atomic E-state index is 0.0611. The zero-order chi connectivity index (χ0) is 18.5. The lowest BCUT2D eigenvalue weighted by Gasteiger charge is -2.32. The third-order valence-corrected chi connectivity index (χ3v) is 5.15. The van der Waals surface area contributed by atoms with Crippen LogP contribution in [-0.4, -0.2) is 35.8 Å². The summed E-state index contributed by atoms with van der Waals surface area (Å²) in [6, 6.07) is 13.6. The predicted molar refractivity (Wildman–Crippen MR) is 105 cm³/mol. The fraction of sp³-hybridized carbons (Fsp3) is 0.455. The number of nitrogens with zero attached hydrogens (tertiary/aromatic N) is 1. The average Bonchev–Trinajstić information content (AvgIpc) is 2.66. The zero-order valence-corrected chi connectivity index (χ0v) is 15.7. The molecule has 4 nitrogen and oxygen atoms in total. The number of carbonyl (C=O) groups excluding carboxylic acids is 2. The highest BCUT2D eigenvalue weighted by Crippen LogP contribution is 2.19. The first kappa shape index (κ1) is 18.4. The van der Waals surface area contributed by atoms with Gasteiger partial charge < -0.3 is 10.2 Å². The lowest BCUT2D eigenvalue weighted by atomic mass is 9.99. The Bertz CT molecular complexity index is 773. The van der Waals surface area contributed by atoms with Gasteiger partial charge in [-0.15, -0.1) is 0 Å². The summed E-state index contributed by atoms with van der Waals surface area (Å²) in [6.07, 6.45) is 3.59. The molecule has 26 heavy (non-hydrogen) atoms. The molecular weight excluding hydrogens is 324 g/mol. The molecule has 0 bridgehead atoms. The molecule has 1 aliphatic heterocycles. The summed E-state index contributed by atoms with van der Waals surface area (Å²) < 4.78 is 0.